The normalized spacial score (nSPS) is 15.3. The Bertz CT molecular complexity index is 633. The average Bonchev–Trinajstić information content (AvgIpc) is 3.01. The molecule has 0 amide bonds. The third kappa shape index (κ3) is 3.34. The molecule has 1 fully saturated rings. The minimum absolute atomic E-state index is 0.0708. The molecule has 2 nitrogen and oxygen atoms in total. The van der Waals surface area contributed by atoms with Crippen LogP contribution in [0.3, 0.4) is 0 Å². The molecule has 2 aromatic rings. The van der Waals surface area contributed by atoms with Crippen molar-refractivity contribution in [3.8, 4) is 0 Å². The van der Waals surface area contributed by atoms with E-state index in [1.807, 2.05) is 42.5 Å². The van der Waals surface area contributed by atoms with Crippen molar-refractivity contribution in [2.45, 2.75) is 19.4 Å². The van der Waals surface area contributed by atoms with Gasteiger partial charge >= 0.3 is 0 Å². The van der Waals surface area contributed by atoms with Gasteiger partial charge in [0.1, 0.15) is 0 Å². The highest BCUT2D eigenvalue weighted by atomic mass is 35.5. The molecule has 0 N–H and O–H groups in total. The first-order valence-electron chi connectivity index (χ1n) is 7.34. The van der Waals surface area contributed by atoms with Gasteiger partial charge in [0.15, 0.2) is 5.78 Å². The van der Waals surface area contributed by atoms with Crippen LogP contribution >= 0.6 is 11.6 Å². The summed E-state index contributed by atoms with van der Waals surface area (Å²) in [5.74, 6) is 0.0708. The number of nitrogens with zero attached hydrogens (tertiary/aromatic N) is 1. The van der Waals surface area contributed by atoms with Gasteiger partial charge < -0.3 is 0 Å². The van der Waals surface area contributed by atoms with Gasteiger partial charge in [0, 0.05) is 22.7 Å². The maximum Gasteiger partial charge on any atom is 0.193 e. The second-order valence-corrected chi connectivity index (χ2v) is 5.92. The van der Waals surface area contributed by atoms with Crippen molar-refractivity contribution in [1.82, 2.24) is 4.90 Å². The molecule has 1 heterocycles. The SMILES string of the molecule is O=C(c1ccccc1)c1ccc(Cl)cc1CN1CCCC1. The molecule has 108 valence electrons. The van der Waals surface area contributed by atoms with Gasteiger partial charge in [-0.1, -0.05) is 41.9 Å². The quantitative estimate of drug-likeness (QED) is 0.790. The summed E-state index contributed by atoms with van der Waals surface area (Å²) < 4.78 is 0. The van der Waals surface area contributed by atoms with Gasteiger partial charge in [0.25, 0.3) is 0 Å². The molecule has 0 saturated carbocycles. The van der Waals surface area contributed by atoms with Crippen LogP contribution in [0.2, 0.25) is 5.02 Å². The summed E-state index contributed by atoms with van der Waals surface area (Å²) in [5.41, 5.74) is 2.51. The van der Waals surface area contributed by atoms with Crippen molar-refractivity contribution < 1.29 is 4.79 Å². The molecule has 0 aromatic heterocycles. The molecule has 3 heteroatoms. The molecule has 0 unspecified atom stereocenters. The fourth-order valence-electron chi connectivity index (χ4n) is 2.84. The van der Waals surface area contributed by atoms with E-state index >= 15 is 0 Å². The van der Waals surface area contributed by atoms with Crippen molar-refractivity contribution >= 4 is 17.4 Å². The lowest BCUT2D eigenvalue weighted by Gasteiger charge is -2.17. The monoisotopic (exact) mass is 299 g/mol. The number of ketones is 1. The maximum absolute atomic E-state index is 12.7. The third-order valence-corrected chi connectivity index (χ3v) is 4.18. The van der Waals surface area contributed by atoms with Gasteiger partial charge in [-0.15, -0.1) is 0 Å². The van der Waals surface area contributed by atoms with E-state index in [1.165, 1.54) is 12.8 Å². The number of carbonyl (C=O) groups excluding carboxylic acids is 1. The van der Waals surface area contributed by atoms with Crippen molar-refractivity contribution in [2.75, 3.05) is 13.1 Å². The van der Waals surface area contributed by atoms with Crippen LogP contribution in [-0.2, 0) is 6.54 Å². The number of hydrogen-bond donors (Lipinski definition) is 0. The van der Waals surface area contributed by atoms with E-state index in [0.29, 0.717) is 5.02 Å². The second kappa shape index (κ2) is 6.42. The number of halogens is 1. The Labute approximate surface area is 130 Å². The molecule has 21 heavy (non-hydrogen) atoms. The smallest absolute Gasteiger partial charge is 0.193 e. The van der Waals surface area contributed by atoms with Gasteiger partial charge in [-0.2, -0.15) is 0 Å². The minimum Gasteiger partial charge on any atom is -0.299 e. The van der Waals surface area contributed by atoms with E-state index in [1.54, 1.807) is 6.07 Å². The summed E-state index contributed by atoms with van der Waals surface area (Å²) in [4.78, 5) is 15.1. The van der Waals surface area contributed by atoms with E-state index in [-0.39, 0.29) is 5.78 Å². The summed E-state index contributed by atoms with van der Waals surface area (Å²) in [6.45, 7) is 3.01. The summed E-state index contributed by atoms with van der Waals surface area (Å²) in [5, 5.41) is 0.689. The van der Waals surface area contributed by atoms with Crippen molar-refractivity contribution in [1.29, 1.82) is 0 Å². The number of carbonyl (C=O) groups is 1. The largest absolute Gasteiger partial charge is 0.299 e. The topological polar surface area (TPSA) is 20.3 Å². The highest BCUT2D eigenvalue weighted by Gasteiger charge is 2.18. The molecular formula is C18H18ClNO. The molecule has 1 aliphatic heterocycles. The molecule has 2 aromatic carbocycles. The van der Waals surface area contributed by atoms with Crippen molar-refractivity contribution in [3.05, 3.63) is 70.2 Å². The minimum atomic E-state index is 0.0708. The van der Waals surface area contributed by atoms with Gasteiger partial charge in [0.05, 0.1) is 0 Å². The molecular weight excluding hydrogens is 282 g/mol. The van der Waals surface area contributed by atoms with Crippen LogP contribution in [0.25, 0.3) is 0 Å². The van der Waals surface area contributed by atoms with Crippen LogP contribution in [0.15, 0.2) is 48.5 Å². The summed E-state index contributed by atoms with van der Waals surface area (Å²) in [7, 11) is 0. The number of hydrogen-bond acceptors (Lipinski definition) is 2. The lowest BCUT2D eigenvalue weighted by Crippen LogP contribution is -2.20. The van der Waals surface area contributed by atoms with Crippen LogP contribution in [0.1, 0.15) is 34.3 Å². The zero-order valence-corrected chi connectivity index (χ0v) is 12.6. The maximum atomic E-state index is 12.7. The summed E-state index contributed by atoms with van der Waals surface area (Å²) >= 11 is 6.12. The second-order valence-electron chi connectivity index (χ2n) is 5.48. The van der Waals surface area contributed by atoms with Crippen molar-refractivity contribution in [3.63, 3.8) is 0 Å². The Hall–Kier alpha value is -1.64. The van der Waals surface area contributed by atoms with E-state index < -0.39 is 0 Å². The van der Waals surface area contributed by atoms with E-state index in [2.05, 4.69) is 4.90 Å². The fraction of sp³-hybridized carbons (Fsp3) is 0.278. The number of likely N-dealkylation sites (tertiary alicyclic amines) is 1. The van der Waals surface area contributed by atoms with Crippen LogP contribution in [0, 0.1) is 0 Å². The molecule has 0 spiro atoms. The Balaban J connectivity index is 1.92. The van der Waals surface area contributed by atoms with Crippen LogP contribution in [0.5, 0.6) is 0 Å². The molecule has 0 bridgehead atoms. The Morgan fingerprint density at radius 1 is 1.05 bits per heavy atom. The van der Waals surface area contributed by atoms with E-state index in [9.17, 15) is 4.79 Å². The molecule has 0 aliphatic carbocycles. The predicted molar refractivity (Wildman–Crippen MR) is 85.8 cm³/mol. The van der Waals surface area contributed by atoms with Gasteiger partial charge in [-0.3, -0.25) is 9.69 Å². The Morgan fingerprint density at radius 3 is 2.48 bits per heavy atom. The predicted octanol–water partition coefficient (Wildman–Crippen LogP) is 4.17. The van der Waals surface area contributed by atoms with Gasteiger partial charge in [0.2, 0.25) is 0 Å². The molecule has 1 saturated heterocycles. The molecule has 0 atom stereocenters. The van der Waals surface area contributed by atoms with E-state index in [4.69, 9.17) is 11.6 Å². The summed E-state index contributed by atoms with van der Waals surface area (Å²) in [6, 6.07) is 15.0. The lowest BCUT2D eigenvalue weighted by atomic mass is 9.98. The standard InChI is InChI=1S/C18H18ClNO/c19-16-8-9-17(18(21)14-6-2-1-3-7-14)15(12-16)13-20-10-4-5-11-20/h1-3,6-9,12H,4-5,10-11,13H2. The van der Waals surface area contributed by atoms with Crippen LogP contribution in [0.4, 0.5) is 0 Å². The first-order valence-corrected chi connectivity index (χ1v) is 7.72. The third-order valence-electron chi connectivity index (χ3n) is 3.94. The highest BCUT2D eigenvalue weighted by Crippen LogP contribution is 2.22. The number of benzene rings is 2. The van der Waals surface area contributed by atoms with Crippen LogP contribution in [-0.4, -0.2) is 23.8 Å². The lowest BCUT2D eigenvalue weighted by molar-refractivity contribution is 0.103. The zero-order chi connectivity index (χ0) is 14.7. The first-order chi connectivity index (χ1) is 10.2. The van der Waals surface area contributed by atoms with Crippen LogP contribution < -0.4 is 0 Å². The Kier molecular flexibility index (Phi) is 4.37. The molecule has 0 radical (unpaired) electrons. The van der Waals surface area contributed by atoms with Crippen molar-refractivity contribution in [2.24, 2.45) is 0 Å². The highest BCUT2D eigenvalue weighted by molar-refractivity contribution is 6.30. The zero-order valence-electron chi connectivity index (χ0n) is 11.9. The van der Waals surface area contributed by atoms with Gasteiger partial charge in [-0.25, -0.2) is 0 Å². The number of rotatable bonds is 4. The summed E-state index contributed by atoms with van der Waals surface area (Å²) in [6.07, 6.45) is 2.48. The van der Waals surface area contributed by atoms with E-state index in [0.717, 1.165) is 36.3 Å². The molecule has 1 aliphatic rings. The fourth-order valence-corrected chi connectivity index (χ4v) is 3.04. The molecule has 3 rings (SSSR count). The average molecular weight is 300 g/mol. The Morgan fingerprint density at radius 2 is 1.76 bits per heavy atom. The van der Waals surface area contributed by atoms with Gasteiger partial charge in [-0.05, 0) is 49.7 Å². The first kappa shape index (κ1) is 14.3.